The van der Waals surface area contributed by atoms with Crippen LogP contribution in [0, 0.1) is 10.8 Å². The van der Waals surface area contributed by atoms with Crippen molar-refractivity contribution in [2.45, 2.75) is 13.3 Å². The fourth-order valence-corrected chi connectivity index (χ4v) is 3.45. The molecular weight excluding hydrogens is 304 g/mol. The molecule has 1 fully saturated rings. The first-order valence-electron chi connectivity index (χ1n) is 7.14. The highest BCUT2D eigenvalue weighted by Gasteiger charge is 2.37. The number of amidine groups is 1. The third-order valence-electron chi connectivity index (χ3n) is 3.72. The van der Waals surface area contributed by atoms with Crippen LogP contribution in [0.2, 0.25) is 0 Å². The van der Waals surface area contributed by atoms with Gasteiger partial charge in [0.25, 0.3) is 0 Å². The van der Waals surface area contributed by atoms with Gasteiger partial charge in [0.15, 0.2) is 10.8 Å². The van der Waals surface area contributed by atoms with Crippen LogP contribution in [0.4, 0.5) is 0 Å². The van der Waals surface area contributed by atoms with E-state index in [0.717, 1.165) is 16.5 Å². The molecule has 1 aromatic rings. The molecule has 1 atom stereocenters. The maximum Gasteiger partial charge on any atom is 0.337 e. The Hall–Kier alpha value is -2.09. The Morgan fingerprint density at radius 2 is 2.45 bits per heavy atom. The maximum absolute atomic E-state index is 12.1. The van der Waals surface area contributed by atoms with E-state index in [9.17, 15) is 9.70 Å². The van der Waals surface area contributed by atoms with E-state index < -0.39 is 0 Å². The molecule has 0 N–H and O–H groups in total. The number of ether oxygens (including phenoxy) is 1. The summed E-state index contributed by atoms with van der Waals surface area (Å²) in [6.07, 6.45) is 2.37. The van der Waals surface area contributed by atoms with Crippen molar-refractivity contribution in [2.75, 3.05) is 26.2 Å². The van der Waals surface area contributed by atoms with Crippen molar-refractivity contribution < 1.29 is 9.53 Å². The standard InChI is InChI=1S/C14H16N4O3S/c1-2-21-14(19)10-7-16-12(13-15-3-4-22-13)18-8-9(6-17-20)5-11(10)18/h3-4,9H,2,5-8H2,1H3. The van der Waals surface area contributed by atoms with Gasteiger partial charge in [-0.15, -0.1) is 11.3 Å². The third kappa shape index (κ3) is 2.66. The van der Waals surface area contributed by atoms with Gasteiger partial charge >= 0.3 is 5.97 Å². The summed E-state index contributed by atoms with van der Waals surface area (Å²) in [5, 5.41) is 5.71. The Labute approximate surface area is 131 Å². The molecule has 3 rings (SSSR count). The SMILES string of the molecule is CCOC(=O)C1=C2CC(CN=O)CN2C(c2nccs2)=NC1. The van der Waals surface area contributed by atoms with Crippen molar-refractivity contribution in [3.8, 4) is 0 Å². The second-order valence-electron chi connectivity index (χ2n) is 5.12. The minimum Gasteiger partial charge on any atom is -0.463 e. The normalized spacial score (nSPS) is 20.7. The van der Waals surface area contributed by atoms with Gasteiger partial charge in [-0.1, -0.05) is 5.18 Å². The molecule has 2 aliphatic heterocycles. The van der Waals surface area contributed by atoms with Crippen LogP contribution in [0.3, 0.4) is 0 Å². The molecule has 1 saturated heterocycles. The van der Waals surface area contributed by atoms with Crippen molar-refractivity contribution in [3.05, 3.63) is 32.8 Å². The summed E-state index contributed by atoms with van der Waals surface area (Å²) in [6.45, 7) is 3.27. The van der Waals surface area contributed by atoms with Gasteiger partial charge in [0.1, 0.15) is 0 Å². The zero-order valence-corrected chi connectivity index (χ0v) is 13.0. The summed E-state index contributed by atoms with van der Waals surface area (Å²) in [7, 11) is 0. The zero-order valence-electron chi connectivity index (χ0n) is 12.2. The second kappa shape index (κ2) is 6.35. The van der Waals surface area contributed by atoms with E-state index in [4.69, 9.17) is 4.74 Å². The Morgan fingerprint density at radius 3 is 3.14 bits per heavy atom. The largest absolute Gasteiger partial charge is 0.463 e. The van der Waals surface area contributed by atoms with Gasteiger partial charge in [0.05, 0.1) is 25.3 Å². The van der Waals surface area contributed by atoms with E-state index in [2.05, 4.69) is 15.2 Å². The predicted molar refractivity (Wildman–Crippen MR) is 82.7 cm³/mol. The Balaban J connectivity index is 1.93. The summed E-state index contributed by atoms with van der Waals surface area (Å²) < 4.78 is 5.12. The van der Waals surface area contributed by atoms with E-state index in [1.165, 1.54) is 11.3 Å². The van der Waals surface area contributed by atoms with Gasteiger partial charge < -0.3 is 9.64 Å². The predicted octanol–water partition coefficient (Wildman–Crippen LogP) is 1.81. The number of aliphatic imine (C=N–C) groups is 1. The van der Waals surface area contributed by atoms with Gasteiger partial charge in [-0.05, 0) is 13.3 Å². The molecule has 0 aromatic carbocycles. The minimum absolute atomic E-state index is 0.0974. The molecular formula is C14H16N4O3S. The van der Waals surface area contributed by atoms with Crippen molar-refractivity contribution in [1.82, 2.24) is 9.88 Å². The van der Waals surface area contributed by atoms with E-state index in [-0.39, 0.29) is 18.4 Å². The lowest BCUT2D eigenvalue weighted by molar-refractivity contribution is -0.138. The summed E-state index contributed by atoms with van der Waals surface area (Å²) in [4.78, 5) is 33.5. The van der Waals surface area contributed by atoms with E-state index >= 15 is 0 Å². The quantitative estimate of drug-likeness (QED) is 0.610. The lowest BCUT2D eigenvalue weighted by Gasteiger charge is -2.26. The number of hydrogen-bond donors (Lipinski definition) is 0. The zero-order chi connectivity index (χ0) is 15.5. The first kappa shape index (κ1) is 14.8. The Bertz CT molecular complexity index is 639. The number of thiazole rings is 1. The van der Waals surface area contributed by atoms with Crippen molar-refractivity contribution >= 4 is 23.1 Å². The summed E-state index contributed by atoms with van der Waals surface area (Å²) in [5.41, 5.74) is 1.47. The first-order chi connectivity index (χ1) is 10.7. The Morgan fingerprint density at radius 1 is 1.59 bits per heavy atom. The molecule has 2 aliphatic rings. The van der Waals surface area contributed by atoms with Crippen LogP contribution in [0.5, 0.6) is 0 Å². The fourth-order valence-electron chi connectivity index (χ4n) is 2.79. The number of rotatable bonds is 5. The number of hydrogen-bond acceptors (Lipinski definition) is 8. The highest BCUT2D eigenvalue weighted by Crippen LogP contribution is 2.34. The molecule has 3 heterocycles. The smallest absolute Gasteiger partial charge is 0.337 e. The monoisotopic (exact) mass is 320 g/mol. The Kier molecular flexibility index (Phi) is 4.28. The highest BCUT2D eigenvalue weighted by atomic mass is 32.1. The fraction of sp³-hybridized carbons (Fsp3) is 0.500. The molecule has 1 aromatic heterocycles. The number of aromatic nitrogens is 1. The molecule has 0 radical (unpaired) electrons. The number of esters is 1. The van der Waals surface area contributed by atoms with Crippen LogP contribution in [-0.2, 0) is 9.53 Å². The van der Waals surface area contributed by atoms with Crippen LogP contribution in [0.15, 0.2) is 33.0 Å². The number of allylic oxidation sites excluding steroid dienone is 1. The molecule has 0 bridgehead atoms. The highest BCUT2D eigenvalue weighted by molar-refractivity contribution is 7.11. The second-order valence-corrected chi connectivity index (χ2v) is 6.01. The van der Waals surface area contributed by atoms with Crippen LogP contribution >= 0.6 is 11.3 Å². The summed E-state index contributed by atoms with van der Waals surface area (Å²) in [6, 6.07) is 0. The number of fused-ring (bicyclic) bond motifs is 1. The number of carbonyl (C=O) groups is 1. The van der Waals surface area contributed by atoms with Crippen LogP contribution < -0.4 is 0 Å². The lowest BCUT2D eigenvalue weighted by atomic mass is 10.1. The first-order valence-corrected chi connectivity index (χ1v) is 8.02. The molecule has 116 valence electrons. The molecule has 0 amide bonds. The van der Waals surface area contributed by atoms with Crippen molar-refractivity contribution in [2.24, 2.45) is 16.1 Å². The molecule has 0 aliphatic carbocycles. The molecule has 0 saturated carbocycles. The van der Waals surface area contributed by atoms with Crippen molar-refractivity contribution in [3.63, 3.8) is 0 Å². The molecule has 8 heteroatoms. The van der Waals surface area contributed by atoms with E-state index in [0.29, 0.717) is 31.7 Å². The summed E-state index contributed by atoms with van der Waals surface area (Å²) >= 11 is 1.51. The lowest BCUT2D eigenvalue weighted by Crippen LogP contribution is -2.34. The number of nitrogens with zero attached hydrogens (tertiary/aromatic N) is 4. The molecule has 0 spiro atoms. The third-order valence-corrected chi connectivity index (χ3v) is 4.49. The number of nitroso groups, excluding NO2 is 1. The van der Waals surface area contributed by atoms with Crippen LogP contribution in [0.25, 0.3) is 0 Å². The van der Waals surface area contributed by atoms with Gasteiger partial charge in [-0.3, -0.25) is 4.99 Å². The van der Waals surface area contributed by atoms with E-state index in [1.807, 2.05) is 10.3 Å². The maximum atomic E-state index is 12.1. The molecule has 22 heavy (non-hydrogen) atoms. The van der Waals surface area contributed by atoms with E-state index in [1.54, 1.807) is 13.1 Å². The van der Waals surface area contributed by atoms with Gasteiger partial charge in [-0.2, -0.15) is 4.91 Å². The minimum atomic E-state index is -0.329. The average Bonchev–Trinajstić information content (AvgIpc) is 3.16. The topological polar surface area (TPSA) is 84.2 Å². The number of carbonyl (C=O) groups excluding carboxylic acids is 1. The molecule has 1 unspecified atom stereocenters. The van der Waals surface area contributed by atoms with Gasteiger partial charge in [0, 0.05) is 29.7 Å². The molecule has 7 nitrogen and oxygen atoms in total. The van der Waals surface area contributed by atoms with Crippen LogP contribution in [0.1, 0.15) is 18.4 Å². The average molecular weight is 320 g/mol. The van der Waals surface area contributed by atoms with Crippen LogP contribution in [-0.4, -0.2) is 47.9 Å². The van der Waals surface area contributed by atoms with Gasteiger partial charge in [-0.25, -0.2) is 9.78 Å². The van der Waals surface area contributed by atoms with Crippen molar-refractivity contribution in [1.29, 1.82) is 0 Å². The van der Waals surface area contributed by atoms with Gasteiger partial charge in [0.2, 0.25) is 0 Å². The summed E-state index contributed by atoms with van der Waals surface area (Å²) in [5.74, 6) is 0.538.